The van der Waals surface area contributed by atoms with Crippen molar-refractivity contribution in [1.82, 2.24) is 14.5 Å². The van der Waals surface area contributed by atoms with E-state index >= 15 is 0 Å². The van der Waals surface area contributed by atoms with Gasteiger partial charge in [0.2, 0.25) is 10.0 Å². The average molecular weight is 327 g/mol. The van der Waals surface area contributed by atoms with Crippen molar-refractivity contribution in [2.45, 2.75) is 24.8 Å². The molecule has 1 aromatic heterocycles. The van der Waals surface area contributed by atoms with Gasteiger partial charge in [-0.1, -0.05) is 12.1 Å². The van der Waals surface area contributed by atoms with Crippen molar-refractivity contribution in [3.05, 3.63) is 47.0 Å². The van der Waals surface area contributed by atoms with Crippen LogP contribution in [0.15, 0.2) is 29.2 Å². The molecular weight excluding hydrogens is 309 g/mol. The Morgan fingerprint density at radius 2 is 1.91 bits per heavy atom. The average Bonchev–Trinajstić information content (AvgIpc) is 2.71. The lowest BCUT2D eigenvalue weighted by Crippen LogP contribution is -2.29. The third-order valence-electron chi connectivity index (χ3n) is 3.43. The Kier molecular flexibility index (Phi) is 4.64. The summed E-state index contributed by atoms with van der Waals surface area (Å²) in [6.07, 6.45) is -1.06. The number of hydrogen-bond donors (Lipinski definition) is 2. The van der Waals surface area contributed by atoms with Crippen molar-refractivity contribution < 1.29 is 17.9 Å². The van der Waals surface area contributed by atoms with Crippen LogP contribution in [0.1, 0.15) is 23.1 Å². The minimum absolute atomic E-state index is 0.112. The van der Waals surface area contributed by atoms with E-state index in [-0.39, 0.29) is 11.4 Å². The van der Waals surface area contributed by atoms with Gasteiger partial charge in [0.25, 0.3) is 0 Å². The Labute approximate surface area is 128 Å². The van der Waals surface area contributed by atoms with Crippen LogP contribution in [-0.4, -0.2) is 29.8 Å². The number of nitrogens with one attached hydrogen (secondary N) is 1. The van der Waals surface area contributed by atoms with Crippen molar-refractivity contribution in [2.75, 3.05) is 6.54 Å². The minimum Gasteiger partial charge on any atom is -0.387 e. The first kappa shape index (κ1) is 16.6. The topological polar surface area (TPSA) is 84.2 Å². The molecule has 0 aliphatic carbocycles. The van der Waals surface area contributed by atoms with Gasteiger partial charge >= 0.3 is 0 Å². The van der Waals surface area contributed by atoms with E-state index in [4.69, 9.17) is 0 Å². The van der Waals surface area contributed by atoms with Crippen molar-refractivity contribution in [2.24, 2.45) is 7.05 Å². The first-order chi connectivity index (χ1) is 10.2. The molecule has 1 unspecified atom stereocenters. The second-order valence-electron chi connectivity index (χ2n) is 5.04. The van der Waals surface area contributed by atoms with Crippen LogP contribution < -0.4 is 4.72 Å². The quantitative estimate of drug-likeness (QED) is 0.864. The number of benzene rings is 1. The number of aliphatic hydroxyl groups is 1. The molecule has 0 saturated heterocycles. The first-order valence-electron chi connectivity index (χ1n) is 6.66. The summed E-state index contributed by atoms with van der Waals surface area (Å²) >= 11 is 0. The van der Waals surface area contributed by atoms with Gasteiger partial charge in [0.05, 0.1) is 17.5 Å². The van der Waals surface area contributed by atoms with Gasteiger partial charge in [0, 0.05) is 13.6 Å². The second-order valence-corrected chi connectivity index (χ2v) is 6.75. The van der Waals surface area contributed by atoms with Gasteiger partial charge in [0.1, 0.15) is 10.7 Å². The fourth-order valence-corrected chi connectivity index (χ4v) is 3.68. The van der Waals surface area contributed by atoms with Crippen molar-refractivity contribution in [3.8, 4) is 0 Å². The van der Waals surface area contributed by atoms with E-state index < -0.39 is 21.9 Å². The maximum absolute atomic E-state index is 12.8. The van der Waals surface area contributed by atoms with Crippen molar-refractivity contribution in [1.29, 1.82) is 0 Å². The maximum Gasteiger partial charge on any atom is 0.244 e. The molecule has 0 aliphatic heterocycles. The van der Waals surface area contributed by atoms with Crippen LogP contribution in [0.4, 0.5) is 4.39 Å². The van der Waals surface area contributed by atoms with Crippen LogP contribution >= 0.6 is 0 Å². The van der Waals surface area contributed by atoms with Gasteiger partial charge < -0.3 is 5.11 Å². The number of hydrogen-bond acceptors (Lipinski definition) is 4. The molecule has 120 valence electrons. The number of rotatable bonds is 5. The Hall–Kier alpha value is -1.77. The molecule has 1 heterocycles. The molecule has 1 atom stereocenters. The fraction of sp³-hybridized carbons (Fsp3) is 0.357. The third-order valence-corrected chi connectivity index (χ3v) is 5.11. The van der Waals surface area contributed by atoms with Crippen LogP contribution in [0.3, 0.4) is 0 Å². The second kappa shape index (κ2) is 6.15. The molecule has 8 heteroatoms. The third kappa shape index (κ3) is 3.34. The minimum atomic E-state index is -3.78. The normalized spacial score (nSPS) is 13.3. The van der Waals surface area contributed by atoms with E-state index in [1.807, 2.05) is 0 Å². The molecule has 2 aromatic rings. The van der Waals surface area contributed by atoms with E-state index in [9.17, 15) is 17.9 Å². The lowest BCUT2D eigenvalue weighted by Gasteiger charge is -2.13. The van der Waals surface area contributed by atoms with Gasteiger partial charge in [-0.15, -0.1) is 0 Å². The molecule has 0 amide bonds. The Bertz CT molecular complexity index is 769. The summed E-state index contributed by atoms with van der Waals surface area (Å²) in [5.41, 5.74) is 1.34. The number of aliphatic hydroxyl groups excluding tert-OH is 1. The van der Waals surface area contributed by atoms with Crippen LogP contribution in [0.25, 0.3) is 0 Å². The molecule has 2 rings (SSSR count). The van der Waals surface area contributed by atoms with Crippen molar-refractivity contribution >= 4 is 10.0 Å². The zero-order valence-corrected chi connectivity index (χ0v) is 13.4. The van der Waals surface area contributed by atoms with Gasteiger partial charge in [-0.2, -0.15) is 5.10 Å². The lowest BCUT2D eigenvalue weighted by atomic mass is 10.1. The number of halogens is 1. The maximum atomic E-state index is 12.8. The van der Waals surface area contributed by atoms with Crippen LogP contribution in [0.2, 0.25) is 0 Å². The number of nitrogens with zero attached hydrogens (tertiary/aromatic N) is 2. The fourth-order valence-electron chi connectivity index (χ4n) is 2.21. The van der Waals surface area contributed by atoms with E-state index in [1.54, 1.807) is 20.9 Å². The Balaban J connectivity index is 2.14. The number of aryl methyl sites for hydroxylation is 2. The number of sulfonamides is 1. The largest absolute Gasteiger partial charge is 0.387 e. The SMILES string of the molecule is Cc1nn(C)c(C)c1S(=O)(=O)NCC(O)c1ccc(F)cc1. The standard InChI is InChI=1S/C14H18FN3O3S/c1-9-14(10(2)18(3)17-9)22(20,21)16-8-13(19)11-4-6-12(15)7-5-11/h4-7,13,16,19H,8H2,1-3H3. The molecule has 22 heavy (non-hydrogen) atoms. The molecule has 0 radical (unpaired) electrons. The molecule has 1 aromatic carbocycles. The van der Waals surface area contributed by atoms with E-state index in [1.165, 1.54) is 28.9 Å². The molecule has 0 aliphatic rings. The summed E-state index contributed by atoms with van der Waals surface area (Å²) in [5, 5.41) is 14.1. The molecule has 0 spiro atoms. The number of aromatic nitrogens is 2. The predicted molar refractivity (Wildman–Crippen MR) is 79.2 cm³/mol. The highest BCUT2D eigenvalue weighted by Gasteiger charge is 2.24. The summed E-state index contributed by atoms with van der Waals surface area (Å²) in [4.78, 5) is 0.112. The van der Waals surface area contributed by atoms with Crippen LogP contribution in [0, 0.1) is 19.7 Å². The predicted octanol–water partition coefficient (Wildman–Crippen LogP) is 1.19. The highest BCUT2D eigenvalue weighted by molar-refractivity contribution is 7.89. The highest BCUT2D eigenvalue weighted by Crippen LogP contribution is 2.19. The monoisotopic (exact) mass is 327 g/mol. The van der Waals surface area contributed by atoms with Crippen LogP contribution in [-0.2, 0) is 17.1 Å². The molecule has 0 fully saturated rings. The molecule has 0 saturated carbocycles. The Morgan fingerprint density at radius 1 is 1.32 bits per heavy atom. The Morgan fingerprint density at radius 3 is 2.41 bits per heavy atom. The summed E-state index contributed by atoms with van der Waals surface area (Å²) in [6, 6.07) is 5.24. The molecular formula is C14H18FN3O3S. The van der Waals surface area contributed by atoms with Gasteiger partial charge in [-0.25, -0.2) is 17.5 Å². The zero-order valence-electron chi connectivity index (χ0n) is 12.5. The zero-order chi connectivity index (χ0) is 16.5. The summed E-state index contributed by atoms with van der Waals surface area (Å²) in [6.45, 7) is 3.06. The summed E-state index contributed by atoms with van der Waals surface area (Å²) < 4.78 is 41.4. The van der Waals surface area contributed by atoms with Gasteiger partial charge in [-0.05, 0) is 31.5 Å². The summed E-state index contributed by atoms with van der Waals surface area (Å²) in [7, 11) is -2.12. The van der Waals surface area contributed by atoms with E-state index in [2.05, 4.69) is 9.82 Å². The lowest BCUT2D eigenvalue weighted by molar-refractivity contribution is 0.182. The molecule has 2 N–H and O–H groups in total. The molecule has 0 bridgehead atoms. The molecule has 6 nitrogen and oxygen atoms in total. The van der Waals surface area contributed by atoms with Gasteiger partial charge in [-0.3, -0.25) is 4.68 Å². The smallest absolute Gasteiger partial charge is 0.244 e. The highest BCUT2D eigenvalue weighted by atomic mass is 32.2. The van der Waals surface area contributed by atoms with E-state index in [0.717, 1.165) is 0 Å². The van der Waals surface area contributed by atoms with Crippen molar-refractivity contribution in [3.63, 3.8) is 0 Å². The summed E-state index contributed by atoms with van der Waals surface area (Å²) in [5.74, 6) is -0.418. The van der Waals surface area contributed by atoms with E-state index in [0.29, 0.717) is 17.0 Å². The van der Waals surface area contributed by atoms with Crippen LogP contribution in [0.5, 0.6) is 0 Å². The first-order valence-corrected chi connectivity index (χ1v) is 8.14. The van der Waals surface area contributed by atoms with Gasteiger partial charge in [0.15, 0.2) is 0 Å².